The zero-order valence-corrected chi connectivity index (χ0v) is 19.2. The average molecular weight is 465 g/mol. The standard InChI is InChI=1S/C24H21ClN4O2S/c1-14-11-22(30)26-19-9-5-6-10-20(19)29(14)23(31)21-12-17-15(2)27-28(24(17)32-21)13-16-7-3-4-8-18(16)25/h3-10,12,14H,11,13H2,1-2H3,(H,26,30)/t14-/m1/s1. The molecule has 1 aliphatic rings. The molecule has 2 aromatic carbocycles. The summed E-state index contributed by atoms with van der Waals surface area (Å²) in [7, 11) is 0. The number of thiophene rings is 1. The number of halogens is 1. The molecular formula is C24H21ClN4O2S. The van der Waals surface area contributed by atoms with Crippen LogP contribution >= 0.6 is 22.9 Å². The summed E-state index contributed by atoms with van der Waals surface area (Å²) < 4.78 is 1.90. The number of carbonyl (C=O) groups excluding carboxylic acids is 2. The van der Waals surface area contributed by atoms with Crippen molar-refractivity contribution in [2.24, 2.45) is 0 Å². The normalized spacial score (nSPS) is 16.0. The van der Waals surface area contributed by atoms with E-state index in [1.54, 1.807) is 4.90 Å². The Hall–Kier alpha value is -3.16. The molecular weight excluding hydrogens is 444 g/mol. The average Bonchev–Trinajstić information content (AvgIpc) is 3.28. The van der Waals surface area contributed by atoms with Crippen LogP contribution in [0.1, 0.15) is 34.3 Å². The van der Waals surface area contributed by atoms with E-state index < -0.39 is 0 Å². The molecule has 8 heteroatoms. The number of aryl methyl sites for hydroxylation is 1. The lowest BCUT2D eigenvalue weighted by Gasteiger charge is -2.27. The number of aromatic nitrogens is 2. The maximum Gasteiger partial charge on any atom is 0.268 e. The van der Waals surface area contributed by atoms with Crippen molar-refractivity contribution in [1.29, 1.82) is 0 Å². The molecule has 6 nitrogen and oxygen atoms in total. The number of hydrogen-bond donors (Lipinski definition) is 1. The van der Waals surface area contributed by atoms with Gasteiger partial charge in [0.25, 0.3) is 5.91 Å². The minimum Gasteiger partial charge on any atom is -0.324 e. The fourth-order valence-electron chi connectivity index (χ4n) is 4.13. The lowest BCUT2D eigenvalue weighted by molar-refractivity contribution is -0.116. The van der Waals surface area contributed by atoms with E-state index in [0.717, 1.165) is 21.5 Å². The third-order valence-electron chi connectivity index (χ3n) is 5.67. The molecule has 2 amide bonds. The van der Waals surface area contributed by atoms with Crippen LogP contribution in [0.25, 0.3) is 10.2 Å². The van der Waals surface area contributed by atoms with Crippen LogP contribution < -0.4 is 10.2 Å². The first-order chi connectivity index (χ1) is 15.4. The van der Waals surface area contributed by atoms with Gasteiger partial charge in [-0.3, -0.25) is 14.3 Å². The largest absolute Gasteiger partial charge is 0.324 e. The summed E-state index contributed by atoms with van der Waals surface area (Å²) in [4.78, 5) is 29.2. The molecule has 1 aliphatic heterocycles. The van der Waals surface area contributed by atoms with Crippen LogP contribution in [0.2, 0.25) is 5.02 Å². The number of amides is 2. The maximum absolute atomic E-state index is 13.7. The topological polar surface area (TPSA) is 67.2 Å². The Morgan fingerprint density at radius 2 is 1.97 bits per heavy atom. The van der Waals surface area contributed by atoms with Crippen LogP contribution in [0.5, 0.6) is 0 Å². The summed E-state index contributed by atoms with van der Waals surface area (Å²) in [6.07, 6.45) is 0.241. The van der Waals surface area contributed by atoms with Crippen molar-refractivity contribution in [1.82, 2.24) is 9.78 Å². The van der Waals surface area contributed by atoms with Crippen LogP contribution in [-0.2, 0) is 11.3 Å². The van der Waals surface area contributed by atoms with Gasteiger partial charge in [0, 0.05) is 22.9 Å². The molecule has 1 atom stereocenters. The smallest absolute Gasteiger partial charge is 0.268 e. The predicted octanol–water partition coefficient (Wildman–Crippen LogP) is 5.49. The Kier molecular flexibility index (Phi) is 5.23. The molecule has 0 unspecified atom stereocenters. The number of fused-ring (bicyclic) bond motifs is 2. The van der Waals surface area contributed by atoms with E-state index in [1.807, 2.05) is 73.1 Å². The summed E-state index contributed by atoms with van der Waals surface area (Å²) in [5.41, 5.74) is 3.20. The van der Waals surface area contributed by atoms with Crippen molar-refractivity contribution < 1.29 is 9.59 Å². The van der Waals surface area contributed by atoms with Crippen LogP contribution in [0, 0.1) is 6.92 Å². The van der Waals surface area contributed by atoms with E-state index in [-0.39, 0.29) is 24.3 Å². The molecule has 0 radical (unpaired) electrons. The number of hydrogen-bond acceptors (Lipinski definition) is 4. The third kappa shape index (κ3) is 3.57. The minimum absolute atomic E-state index is 0.0946. The van der Waals surface area contributed by atoms with Crippen LogP contribution in [-0.4, -0.2) is 27.6 Å². The molecule has 3 heterocycles. The second-order valence-electron chi connectivity index (χ2n) is 7.96. The number of nitrogens with zero attached hydrogens (tertiary/aromatic N) is 3. The predicted molar refractivity (Wildman–Crippen MR) is 129 cm³/mol. The maximum atomic E-state index is 13.7. The number of carbonyl (C=O) groups is 2. The molecule has 0 spiro atoms. The second-order valence-corrected chi connectivity index (χ2v) is 9.40. The quantitative estimate of drug-likeness (QED) is 0.436. The lowest BCUT2D eigenvalue weighted by atomic mass is 10.1. The highest BCUT2D eigenvalue weighted by Gasteiger charge is 2.31. The van der Waals surface area contributed by atoms with Crippen molar-refractivity contribution in [3.63, 3.8) is 0 Å². The molecule has 0 fully saturated rings. The number of rotatable bonds is 3. The first-order valence-corrected chi connectivity index (χ1v) is 11.5. The first-order valence-electron chi connectivity index (χ1n) is 10.3. The molecule has 1 N–H and O–H groups in total. The fraction of sp³-hybridized carbons (Fsp3) is 0.208. The molecule has 0 saturated carbocycles. The van der Waals surface area contributed by atoms with E-state index in [1.165, 1.54) is 11.3 Å². The number of nitrogens with one attached hydrogen (secondary N) is 1. The van der Waals surface area contributed by atoms with Crippen LogP contribution in [0.4, 0.5) is 11.4 Å². The van der Waals surface area contributed by atoms with Gasteiger partial charge in [0.05, 0.1) is 28.5 Å². The molecule has 162 valence electrons. The van der Waals surface area contributed by atoms with Gasteiger partial charge in [-0.1, -0.05) is 41.9 Å². The Morgan fingerprint density at radius 1 is 1.22 bits per heavy atom. The Morgan fingerprint density at radius 3 is 2.78 bits per heavy atom. The van der Waals surface area contributed by atoms with Gasteiger partial charge < -0.3 is 10.2 Å². The summed E-state index contributed by atoms with van der Waals surface area (Å²) in [6, 6.07) is 16.7. The Balaban J connectivity index is 1.55. The second kappa shape index (κ2) is 8.07. The fourth-order valence-corrected chi connectivity index (χ4v) is 5.42. The van der Waals surface area contributed by atoms with Crippen molar-refractivity contribution in [3.05, 3.63) is 75.8 Å². The summed E-state index contributed by atoms with van der Waals surface area (Å²) >= 11 is 7.77. The zero-order valence-electron chi connectivity index (χ0n) is 17.6. The van der Waals surface area contributed by atoms with Crippen molar-refractivity contribution in [3.8, 4) is 0 Å². The zero-order chi connectivity index (χ0) is 22.4. The summed E-state index contributed by atoms with van der Waals surface area (Å²) in [5.74, 6) is -0.214. The minimum atomic E-state index is -0.267. The van der Waals surface area contributed by atoms with E-state index in [4.69, 9.17) is 11.6 Å². The van der Waals surface area contributed by atoms with Crippen LogP contribution in [0.3, 0.4) is 0 Å². The van der Waals surface area contributed by atoms with E-state index in [0.29, 0.717) is 27.8 Å². The molecule has 32 heavy (non-hydrogen) atoms. The Labute approximate surface area is 194 Å². The third-order valence-corrected chi connectivity index (χ3v) is 7.18. The summed E-state index contributed by atoms with van der Waals surface area (Å²) in [6.45, 7) is 4.37. The van der Waals surface area contributed by atoms with Crippen molar-refractivity contribution in [2.75, 3.05) is 10.2 Å². The van der Waals surface area contributed by atoms with E-state index in [9.17, 15) is 9.59 Å². The number of anilines is 2. The molecule has 2 aromatic heterocycles. The molecule has 5 rings (SSSR count). The van der Waals surface area contributed by atoms with Gasteiger partial charge in [-0.05, 0) is 43.7 Å². The van der Waals surface area contributed by atoms with E-state index >= 15 is 0 Å². The van der Waals surface area contributed by atoms with Gasteiger partial charge in [-0.2, -0.15) is 5.10 Å². The summed E-state index contributed by atoms with van der Waals surface area (Å²) in [5, 5.41) is 9.21. The van der Waals surface area contributed by atoms with E-state index in [2.05, 4.69) is 10.4 Å². The first kappa shape index (κ1) is 20.7. The van der Waals surface area contributed by atoms with Gasteiger partial charge >= 0.3 is 0 Å². The monoisotopic (exact) mass is 464 g/mol. The SMILES string of the molecule is Cc1nn(Cc2ccccc2Cl)c2sc(C(=O)N3c4ccccc4NC(=O)C[C@H]3C)cc12. The molecule has 0 saturated heterocycles. The molecule has 0 aliphatic carbocycles. The van der Waals surface area contributed by atoms with Gasteiger partial charge in [-0.15, -0.1) is 11.3 Å². The molecule has 4 aromatic rings. The van der Waals surface area contributed by atoms with Gasteiger partial charge in [-0.25, -0.2) is 0 Å². The Bertz CT molecular complexity index is 1360. The van der Waals surface area contributed by atoms with Crippen LogP contribution in [0.15, 0.2) is 54.6 Å². The number of para-hydroxylation sites is 2. The van der Waals surface area contributed by atoms with Gasteiger partial charge in [0.2, 0.25) is 5.91 Å². The van der Waals surface area contributed by atoms with Gasteiger partial charge in [0.1, 0.15) is 4.83 Å². The highest BCUT2D eigenvalue weighted by Crippen LogP contribution is 2.36. The highest BCUT2D eigenvalue weighted by atomic mass is 35.5. The van der Waals surface area contributed by atoms with Crippen molar-refractivity contribution >= 4 is 56.3 Å². The molecule has 0 bridgehead atoms. The number of benzene rings is 2. The van der Waals surface area contributed by atoms with Gasteiger partial charge in [0.15, 0.2) is 0 Å². The van der Waals surface area contributed by atoms with Crippen molar-refractivity contribution in [2.45, 2.75) is 32.9 Å². The highest BCUT2D eigenvalue weighted by molar-refractivity contribution is 7.20. The lowest BCUT2D eigenvalue weighted by Crippen LogP contribution is -2.38.